The summed E-state index contributed by atoms with van der Waals surface area (Å²) in [6.07, 6.45) is 2.12. The highest BCUT2D eigenvalue weighted by atomic mass is 79.9. The second kappa shape index (κ2) is 7.23. The topological polar surface area (TPSA) is 58.2 Å². The third kappa shape index (κ3) is 5.95. The molecular formula is C12H19BrN2O2S. The van der Waals surface area contributed by atoms with Gasteiger partial charge in [-0.3, -0.25) is 0 Å². The number of hydrogen-bond acceptors (Lipinski definition) is 3. The average Bonchev–Trinajstić information content (AvgIpc) is 2.29. The van der Waals surface area contributed by atoms with Gasteiger partial charge in [-0.1, -0.05) is 35.0 Å². The number of nitrogens with one attached hydrogen (secondary N) is 2. The smallest absolute Gasteiger partial charge is 0.208 e. The molecule has 0 heterocycles. The number of hydrogen-bond donors (Lipinski definition) is 2. The van der Waals surface area contributed by atoms with Crippen molar-refractivity contribution in [3.63, 3.8) is 0 Å². The Morgan fingerprint density at radius 2 is 1.83 bits per heavy atom. The Morgan fingerprint density at radius 3 is 2.33 bits per heavy atom. The van der Waals surface area contributed by atoms with Crippen LogP contribution in [-0.4, -0.2) is 27.8 Å². The summed E-state index contributed by atoms with van der Waals surface area (Å²) >= 11 is 3.41. The number of benzene rings is 1. The van der Waals surface area contributed by atoms with Crippen LogP contribution in [0.2, 0.25) is 0 Å². The molecule has 2 N–H and O–H groups in total. The third-order valence-electron chi connectivity index (χ3n) is 2.56. The molecule has 0 aliphatic rings. The van der Waals surface area contributed by atoms with Crippen LogP contribution in [0.15, 0.2) is 28.7 Å². The van der Waals surface area contributed by atoms with Gasteiger partial charge in [0.15, 0.2) is 0 Å². The first-order valence-corrected chi connectivity index (χ1v) is 8.54. The first kappa shape index (κ1) is 15.6. The summed E-state index contributed by atoms with van der Waals surface area (Å²) < 4.78 is 25.3. The van der Waals surface area contributed by atoms with Crippen molar-refractivity contribution in [3.05, 3.63) is 34.3 Å². The molecule has 0 aromatic heterocycles. The van der Waals surface area contributed by atoms with Crippen molar-refractivity contribution in [2.24, 2.45) is 0 Å². The van der Waals surface area contributed by atoms with Crippen molar-refractivity contribution in [1.82, 2.24) is 10.0 Å². The Bertz CT molecular complexity index is 459. The van der Waals surface area contributed by atoms with E-state index in [9.17, 15) is 8.42 Å². The average molecular weight is 335 g/mol. The van der Waals surface area contributed by atoms with Crippen molar-refractivity contribution < 1.29 is 8.42 Å². The van der Waals surface area contributed by atoms with E-state index in [4.69, 9.17) is 0 Å². The molecule has 1 aromatic rings. The van der Waals surface area contributed by atoms with E-state index in [2.05, 4.69) is 45.0 Å². The summed E-state index contributed by atoms with van der Waals surface area (Å²) in [5.41, 5.74) is 1.21. The summed E-state index contributed by atoms with van der Waals surface area (Å²) in [5, 5.41) is 3.34. The lowest BCUT2D eigenvalue weighted by Gasteiger charge is -2.17. The Balaban J connectivity index is 2.45. The highest BCUT2D eigenvalue weighted by Gasteiger charge is 2.08. The van der Waals surface area contributed by atoms with Gasteiger partial charge < -0.3 is 5.32 Å². The van der Waals surface area contributed by atoms with Crippen LogP contribution in [0.1, 0.15) is 24.9 Å². The largest absolute Gasteiger partial charge is 0.309 e. The molecule has 1 unspecified atom stereocenters. The molecule has 0 saturated heterocycles. The number of sulfonamides is 1. The van der Waals surface area contributed by atoms with E-state index in [1.54, 1.807) is 0 Å². The molecule has 1 rings (SSSR count). The van der Waals surface area contributed by atoms with Gasteiger partial charge in [0.1, 0.15) is 0 Å². The molecule has 18 heavy (non-hydrogen) atoms. The van der Waals surface area contributed by atoms with Gasteiger partial charge in [-0.25, -0.2) is 13.1 Å². The monoisotopic (exact) mass is 334 g/mol. The molecule has 6 heteroatoms. The maximum Gasteiger partial charge on any atom is 0.208 e. The highest BCUT2D eigenvalue weighted by molar-refractivity contribution is 9.10. The summed E-state index contributed by atoms with van der Waals surface area (Å²) in [6, 6.07) is 8.40. The third-order valence-corrected chi connectivity index (χ3v) is 3.82. The quantitative estimate of drug-likeness (QED) is 0.750. The zero-order chi connectivity index (χ0) is 13.6. The summed E-state index contributed by atoms with van der Waals surface area (Å²) in [4.78, 5) is 0. The SMILES string of the molecule is CCC(NCCNS(C)(=O)=O)c1ccc(Br)cc1. The Labute approximate surface area is 117 Å². The first-order valence-electron chi connectivity index (χ1n) is 5.86. The minimum Gasteiger partial charge on any atom is -0.309 e. The van der Waals surface area contributed by atoms with E-state index in [-0.39, 0.29) is 6.04 Å². The zero-order valence-electron chi connectivity index (χ0n) is 10.6. The van der Waals surface area contributed by atoms with Crippen LogP contribution in [0.5, 0.6) is 0 Å². The highest BCUT2D eigenvalue weighted by Crippen LogP contribution is 2.18. The standard InChI is InChI=1S/C12H19BrN2O2S/c1-3-12(10-4-6-11(13)7-5-10)14-8-9-15-18(2,16)17/h4-7,12,14-15H,3,8-9H2,1-2H3. The predicted octanol–water partition coefficient (Wildman–Crippen LogP) is 2.04. The van der Waals surface area contributed by atoms with Gasteiger partial charge in [-0.15, -0.1) is 0 Å². The predicted molar refractivity (Wildman–Crippen MR) is 78.0 cm³/mol. The Morgan fingerprint density at radius 1 is 1.22 bits per heavy atom. The summed E-state index contributed by atoms with van der Waals surface area (Å²) in [6.45, 7) is 3.12. The van der Waals surface area contributed by atoms with Gasteiger partial charge in [0, 0.05) is 23.6 Å². The Hall–Kier alpha value is -0.430. The van der Waals surface area contributed by atoms with Gasteiger partial charge in [0.25, 0.3) is 0 Å². The van der Waals surface area contributed by atoms with Crippen molar-refractivity contribution in [3.8, 4) is 0 Å². The van der Waals surface area contributed by atoms with E-state index >= 15 is 0 Å². The zero-order valence-corrected chi connectivity index (χ0v) is 13.0. The van der Waals surface area contributed by atoms with Crippen LogP contribution >= 0.6 is 15.9 Å². The van der Waals surface area contributed by atoms with Crippen molar-refractivity contribution in [2.75, 3.05) is 19.3 Å². The minimum atomic E-state index is -3.10. The fourth-order valence-corrected chi connectivity index (χ4v) is 2.41. The summed E-state index contributed by atoms with van der Waals surface area (Å²) in [7, 11) is -3.10. The van der Waals surface area contributed by atoms with E-state index in [1.807, 2.05) is 12.1 Å². The maximum atomic E-state index is 10.9. The Kier molecular flexibility index (Phi) is 6.28. The van der Waals surface area contributed by atoms with Crippen LogP contribution in [0.3, 0.4) is 0 Å². The molecule has 1 atom stereocenters. The molecular weight excluding hydrogens is 316 g/mol. The van der Waals surface area contributed by atoms with E-state index in [0.717, 1.165) is 10.9 Å². The van der Waals surface area contributed by atoms with E-state index < -0.39 is 10.0 Å². The van der Waals surface area contributed by atoms with Crippen LogP contribution in [0.25, 0.3) is 0 Å². The lowest BCUT2D eigenvalue weighted by Crippen LogP contribution is -2.32. The van der Waals surface area contributed by atoms with E-state index in [0.29, 0.717) is 13.1 Å². The molecule has 1 aromatic carbocycles. The molecule has 0 spiro atoms. The number of rotatable bonds is 7. The van der Waals surface area contributed by atoms with Gasteiger partial charge in [-0.05, 0) is 24.1 Å². The molecule has 0 saturated carbocycles. The maximum absolute atomic E-state index is 10.9. The van der Waals surface area contributed by atoms with Crippen molar-refractivity contribution in [1.29, 1.82) is 0 Å². The fraction of sp³-hybridized carbons (Fsp3) is 0.500. The van der Waals surface area contributed by atoms with Gasteiger partial charge in [0.2, 0.25) is 10.0 Å². The van der Waals surface area contributed by atoms with Crippen LogP contribution in [0.4, 0.5) is 0 Å². The van der Waals surface area contributed by atoms with Crippen LogP contribution < -0.4 is 10.0 Å². The second-order valence-electron chi connectivity index (χ2n) is 4.13. The molecule has 0 aliphatic heterocycles. The van der Waals surface area contributed by atoms with Gasteiger partial charge in [0.05, 0.1) is 6.26 Å². The lowest BCUT2D eigenvalue weighted by atomic mass is 10.0. The van der Waals surface area contributed by atoms with E-state index in [1.165, 1.54) is 11.8 Å². The second-order valence-corrected chi connectivity index (χ2v) is 6.88. The molecule has 4 nitrogen and oxygen atoms in total. The molecule has 0 bridgehead atoms. The van der Waals surface area contributed by atoms with Gasteiger partial charge in [-0.2, -0.15) is 0 Å². The van der Waals surface area contributed by atoms with Crippen molar-refractivity contribution in [2.45, 2.75) is 19.4 Å². The molecule has 0 amide bonds. The minimum absolute atomic E-state index is 0.250. The first-order chi connectivity index (χ1) is 8.42. The molecule has 102 valence electrons. The van der Waals surface area contributed by atoms with Gasteiger partial charge >= 0.3 is 0 Å². The molecule has 0 aliphatic carbocycles. The number of halogens is 1. The van der Waals surface area contributed by atoms with Crippen LogP contribution in [0, 0.1) is 0 Å². The molecule has 0 radical (unpaired) electrons. The molecule has 0 fully saturated rings. The fourth-order valence-electron chi connectivity index (χ4n) is 1.68. The lowest BCUT2D eigenvalue weighted by molar-refractivity contribution is 0.516. The normalized spacial score (nSPS) is 13.5. The van der Waals surface area contributed by atoms with Crippen molar-refractivity contribution >= 4 is 26.0 Å². The summed E-state index contributed by atoms with van der Waals surface area (Å²) in [5.74, 6) is 0. The van der Waals surface area contributed by atoms with Crippen LogP contribution in [-0.2, 0) is 10.0 Å².